The molecule has 0 atom stereocenters. The SMILES string of the molecule is CSc1ccc(Nc2c(C(=O)O)n(C3CC3)c3ccncc23)c(F)c1. The van der Waals surface area contributed by atoms with Crippen LogP contribution in [0, 0.1) is 5.82 Å². The molecule has 1 fully saturated rings. The van der Waals surface area contributed by atoms with E-state index >= 15 is 0 Å². The first-order chi connectivity index (χ1) is 12.1. The number of thioether (sulfide) groups is 1. The average Bonchev–Trinajstić information content (AvgIpc) is 3.39. The van der Waals surface area contributed by atoms with E-state index in [0.717, 1.165) is 23.3 Å². The van der Waals surface area contributed by atoms with Gasteiger partial charge in [-0.15, -0.1) is 11.8 Å². The van der Waals surface area contributed by atoms with E-state index in [-0.39, 0.29) is 17.4 Å². The summed E-state index contributed by atoms with van der Waals surface area (Å²) in [6.07, 6.45) is 7.03. The second-order valence-corrected chi connectivity index (χ2v) is 6.87. The van der Waals surface area contributed by atoms with Crippen LogP contribution >= 0.6 is 11.8 Å². The van der Waals surface area contributed by atoms with Gasteiger partial charge in [0, 0.05) is 28.7 Å². The van der Waals surface area contributed by atoms with Gasteiger partial charge in [-0.05, 0) is 43.4 Å². The lowest BCUT2D eigenvalue weighted by atomic mass is 10.2. The lowest BCUT2D eigenvalue weighted by Crippen LogP contribution is -2.09. The number of hydrogen-bond donors (Lipinski definition) is 2. The van der Waals surface area contributed by atoms with Crippen molar-refractivity contribution in [2.24, 2.45) is 0 Å². The highest BCUT2D eigenvalue weighted by Gasteiger charge is 2.32. The highest BCUT2D eigenvalue weighted by Crippen LogP contribution is 2.43. The van der Waals surface area contributed by atoms with Crippen molar-refractivity contribution in [1.29, 1.82) is 0 Å². The molecule has 2 N–H and O–H groups in total. The number of carbonyl (C=O) groups is 1. The summed E-state index contributed by atoms with van der Waals surface area (Å²) < 4.78 is 16.2. The van der Waals surface area contributed by atoms with E-state index in [0.29, 0.717) is 11.1 Å². The van der Waals surface area contributed by atoms with Crippen LogP contribution < -0.4 is 5.32 Å². The van der Waals surface area contributed by atoms with E-state index < -0.39 is 11.8 Å². The normalized spacial score (nSPS) is 14.0. The predicted molar refractivity (Wildman–Crippen MR) is 96.4 cm³/mol. The van der Waals surface area contributed by atoms with Gasteiger partial charge in [-0.3, -0.25) is 4.98 Å². The molecule has 0 unspecified atom stereocenters. The van der Waals surface area contributed by atoms with Gasteiger partial charge in [-0.25, -0.2) is 9.18 Å². The van der Waals surface area contributed by atoms with Crippen molar-refractivity contribution >= 4 is 40.0 Å². The minimum atomic E-state index is -1.04. The number of benzene rings is 1. The quantitative estimate of drug-likeness (QED) is 0.649. The van der Waals surface area contributed by atoms with E-state index in [4.69, 9.17) is 0 Å². The number of nitrogens with one attached hydrogen (secondary N) is 1. The van der Waals surface area contributed by atoms with Crippen LogP contribution in [0.1, 0.15) is 29.4 Å². The molecular formula is C18H16FN3O2S. The second-order valence-electron chi connectivity index (χ2n) is 5.99. The molecule has 0 spiro atoms. The summed E-state index contributed by atoms with van der Waals surface area (Å²) in [6, 6.07) is 6.85. The summed E-state index contributed by atoms with van der Waals surface area (Å²) in [5.74, 6) is -1.45. The number of aromatic nitrogens is 2. The van der Waals surface area contributed by atoms with Crippen molar-refractivity contribution in [3.8, 4) is 0 Å². The molecular weight excluding hydrogens is 341 g/mol. The van der Waals surface area contributed by atoms with Crippen molar-refractivity contribution in [3.05, 3.63) is 48.2 Å². The summed E-state index contributed by atoms with van der Waals surface area (Å²) in [5, 5.41) is 13.4. The summed E-state index contributed by atoms with van der Waals surface area (Å²) in [5.41, 5.74) is 1.59. The standard InChI is InChI=1S/C18H16FN3O2S/c1-25-11-4-5-14(13(19)8-11)21-16-12-9-20-7-6-15(12)22(10-2-3-10)17(16)18(23)24/h4-10,21H,2-3H2,1H3,(H,23,24). The van der Waals surface area contributed by atoms with E-state index in [9.17, 15) is 14.3 Å². The fourth-order valence-corrected chi connectivity index (χ4v) is 3.49. The Labute approximate surface area is 147 Å². The van der Waals surface area contributed by atoms with Crippen LogP contribution in [0.4, 0.5) is 15.8 Å². The number of carboxylic acid groups (broad SMARTS) is 1. The van der Waals surface area contributed by atoms with Gasteiger partial charge in [0.05, 0.1) is 16.9 Å². The van der Waals surface area contributed by atoms with Crippen molar-refractivity contribution in [2.45, 2.75) is 23.8 Å². The number of halogens is 1. The molecule has 1 saturated carbocycles. The van der Waals surface area contributed by atoms with Gasteiger partial charge in [0.1, 0.15) is 5.82 Å². The summed E-state index contributed by atoms with van der Waals surface area (Å²) in [7, 11) is 0. The molecule has 2 heterocycles. The van der Waals surface area contributed by atoms with E-state index in [2.05, 4.69) is 10.3 Å². The maximum Gasteiger partial charge on any atom is 0.354 e. The molecule has 3 aromatic rings. The molecule has 0 aliphatic heterocycles. The monoisotopic (exact) mass is 357 g/mol. The van der Waals surface area contributed by atoms with Crippen LogP contribution in [0.2, 0.25) is 0 Å². The second kappa shape index (κ2) is 6.07. The Kier molecular flexibility index (Phi) is 3.88. The molecule has 2 aromatic heterocycles. The molecule has 1 aliphatic carbocycles. The first-order valence-corrected chi connectivity index (χ1v) is 9.14. The Balaban J connectivity index is 1.89. The Morgan fingerprint density at radius 3 is 2.84 bits per heavy atom. The third-order valence-electron chi connectivity index (χ3n) is 4.36. The number of rotatable bonds is 5. The Hall–Kier alpha value is -2.54. The number of anilines is 2. The molecule has 0 saturated heterocycles. The zero-order chi connectivity index (χ0) is 17.6. The highest BCUT2D eigenvalue weighted by molar-refractivity contribution is 7.98. The van der Waals surface area contributed by atoms with Crippen molar-refractivity contribution < 1.29 is 14.3 Å². The molecule has 1 aliphatic rings. The summed E-state index contributed by atoms with van der Waals surface area (Å²) in [6.45, 7) is 0. The summed E-state index contributed by atoms with van der Waals surface area (Å²) in [4.78, 5) is 16.9. The van der Waals surface area contributed by atoms with Crippen molar-refractivity contribution in [3.63, 3.8) is 0 Å². The minimum Gasteiger partial charge on any atom is -0.477 e. The molecule has 0 amide bonds. The first-order valence-electron chi connectivity index (χ1n) is 7.92. The first kappa shape index (κ1) is 16.0. The van der Waals surface area contributed by atoms with Crippen LogP contribution in [0.5, 0.6) is 0 Å². The maximum atomic E-state index is 14.4. The van der Waals surface area contributed by atoms with Crippen LogP contribution in [0.25, 0.3) is 10.9 Å². The number of hydrogen-bond acceptors (Lipinski definition) is 4. The number of pyridine rings is 1. The zero-order valence-corrected chi connectivity index (χ0v) is 14.3. The fourth-order valence-electron chi connectivity index (χ4n) is 3.07. The molecule has 128 valence electrons. The third kappa shape index (κ3) is 2.74. The molecule has 1 aromatic carbocycles. The Bertz CT molecular complexity index is 982. The minimum absolute atomic E-state index is 0.152. The number of fused-ring (bicyclic) bond motifs is 1. The van der Waals surface area contributed by atoms with E-state index in [1.807, 2.05) is 10.8 Å². The molecule has 25 heavy (non-hydrogen) atoms. The summed E-state index contributed by atoms with van der Waals surface area (Å²) >= 11 is 1.45. The Morgan fingerprint density at radius 1 is 1.40 bits per heavy atom. The number of nitrogens with zero attached hydrogens (tertiary/aromatic N) is 2. The zero-order valence-electron chi connectivity index (χ0n) is 13.5. The van der Waals surface area contributed by atoms with Crippen LogP contribution in [0.15, 0.2) is 41.6 Å². The van der Waals surface area contributed by atoms with Crippen LogP contribution in [0.3, 0.4) is 0 Å². The molecule has 5 nitrogen and oxygen atoms in total. The maximum absolute atomic E-state index is 14.4. The largest absolute Gasteiger partial charge is 0.477 e. The lowest BCUT2D eigenvalue weighted by Gasteiger charge is -2.10. The average molecular weight is 357 g/mol. The molecule has 7 heteroatoms. The van der Waals surface area contributed by atoms with Gasteiger partial charge in [-0.2, -0.15) is 0 Å². The lowest BCUT2D eigenvalue weighted by molar-refractivity contribution is 0.0686. The molecule has 0 radical (unpaired) electrons. The topological polar surface area (TPSA) is 67.2 Å². The number of carboxylic acids is 1. The molecule has 4 rings (SSSR count). The predicted octanol–water partition coefficient (Wildman–Crippen LogP) is 4.67. The third-order valence-corrected chi connectivity index (χ3v) is 5.08. The van der Waals surface area contributed by atoms with Gasteiger partial charge in [-0.1, -0.05) is 0 Å². The number of aromatic carboxylic acids is 1. The Morgan fingerprint density at radius 2 is 2.20 bits per heavy atom. The van der Waals surface area contributed by atoms with Gasteiger partial charge < -0.3 is 15.0 Å². The van der Waals surface area contributed by atoms with E-state index in [1.54, 1.807) is 30.6 Å². The van der Waals surface area contributed by atoms with Gasteiger partial charge in [0.15, 0.2) is 5.69 Å². The van der Waals surface area contributed by atoms with Gasteiger partial charge in [0.25, 0.3) is 0 Å². The van der Waals surface area contributed by atoms with Gasteiger partial charge >= 0.3 is 5.97 Å². The smallest absolute Gasteiger partial charge is 0.354 e. The van der Waals surface area contributed by atoms with Crippen LogP contribution in [-0.2, 0) is 0 Å². The van der Waals surface area contributed by atoms with Gasteiger partial charge in [0.2, 0.25) is 0 Å². The van der Waals surface area contributed by atoms with E-state index in [1.165, 1.54) is 17.8 Å². The van der Waals surface area contributed by atoms with Crippen molar-refractivity contribution in [1.82, 2.24) is 9.55 Å². The highest BCUT2D eigenvalue weighted by atomic mass is 32.2. The van der Waals surface area contributed by atoms with Crippen LogP contribution in [-0.4, -0.2) is 26.9 Å². The molecule has 0 bridgehead atoms. The van der Waals surface area contributed by atoms with Crippen molar-refractivity contribution in [2.75, 3.05) is 11.6 Å². The fraction of sp³-hybridized carbons (Fsp3) is 0.222.